The molecule has 27 heavy (non-hydrogen) atoms. The molecule has 0 spiro atoms. The topological polar surface area (TPSA) is 72.1 Å². The lowest BCUT2D eigenvalue weighted by atomic mass is 10.2. The van der Waals surface area contributed by atoms with E-state index in [4.69, 9.17) is 4.74 Å². The first-order valence-corrected chi connectivity index (χ1v) is 8.87. The number of aromatic nitrogens is 3. The number of fused-ring (bicyclic) bond motifs is 1. The van der Waals surface area contributed by atoms with Gasteiger partial charge in [-0.1, -0.05) is 18.2 Å². The van der Waals surface area contributed by atoms with Gasteiger partial charge in [-0.15, -0.1) is 0 Å². The molecule has 8 heteroatoms. The van der Waals surface area contributed by atoms with Gasteiger partial charge in [0.2, 0.25) is 0 Å². The predicted octanol–water partition coefficient (Wildman–Crippen LogP) is 1.04. The minimum Gasteiger partial charge on any atom is -0.484 e. The van der Waals surface area contributed by atoms with Crippen molar-refractivity contribution in [2.75, 3.05) is 32.8 Å². The standard InChI is InChI=1S/C19H21N5O3/c1-21-7-12-24-18(21)16(13-20-24)19(26)23-10-8-22(9-11-23)17(25)14-27-15-5-3-2-4-6-15/h2-7,12-13H,8-11,14H2,1H3. The highest BCUT2D eigenvalue weighted by Gasteiger charge is 2.27. The molecule has 8 nitrogen and oxygen atoms in total. The van der Waals surface area contributed by atoms with Crippen molar-refractivity contribution >= 4 is 17.5 Å². The van der Waals surface area contributed by atoms with Gasteiger partial charge in [-0.3, -0.25) is 9.59 Å². The Morgan fingerprint density at radius 2 is 1.74 bits per heavy atom. The van der Waals surface area contributed by atoms with Crippen LogP contribution in [0.25, 0.3) is 5.65 Å². The van der Waals surface area contributed by atoms with Gasteiger partial charge in [0, 0.05) is 45.6 Å². The van der Waals surface area contributed by atoms with Crippen LogP contribution in [0, 0.1) is 0 Å². The number of ether oxygens (including phenoxy) is 1. The molecule has 1 aliphatic heterocycles. The number of hydrogen-bond acceptors (Lipinski definition) is 4. The SMILES string of the molecule is Cn1ccn2ncc(C(=O)N3CCN(C(=O)COc4ccccc4)CC3)c12. The molecular weight excluding hydrogens is 346 g/mol. The zero-order valence-corrected chi connectivity index (χ0v) is 15.1. The average molecular weight is 367 g/mol. The zero-order chi connectivity index (χ0) is 18.8. The summed E-state index contributed by atoms with van der Waals surface area (Å²) in [4.78, 5) is 28.7. The lowest BCUT2D eigenvalue weighted by Gasteiger charge is -2.34. The van der Waals surface area contributed by atoms with E-state index in [0.29, 0.717) is 37.5 Å². The third-order valence-electron chi connectivity index (χ3n) is 4.79. The fourth-order valence-corrected chi connectivity index (χ4v) is 3.28. The fraction of sp³-hybridized carbons (Fsp3) is 0.316. The van der Waals surface area contributed by atoms with Crippen molar-refractivity contribution in [3.63, 3.8) is 0 Å². The number of piperazine rings is 1. The molecule has 1 aromatic carbocycles. The minimum atomic E-state index is -0.0682. The molecular formula is C19H21N5O3. The summed E-state index contributed by atoms with van der Waals surface area (Å²) in [6.45, 7) is 2.00. The molecule has 0 bridgehead atoms. The molecule has 3 heterocycles. The van der Waals surface area contributed by atoms with Gasteiger partial charge in [0.1, 0.15) is 17.0 Å². The Bertz CT molecular complexity index is 954. The molecule has 1 saturated heterocycles. The molecule has 0 N–H and O–H groups in total. The Hall–Kier alpha value is -3.29. The van der Waals surface area contributed by atoms with E-state index in [-0.39, 0.29) is 18.4 Å². The van der Waals surface area contributed by atoms with Crippen LogP contribution in [0.1, 0.15) is 10.4 Å². The Kier molecular flexibility index (Phi) is 4.53. The second-order valence-corrected chi connectivity index (χ2v) is 6.51. The van der Waals surface area contributed by atoms with Gasteiger partial charge in [-0.05, 0) is 12.1 Å². The van der Waals surface area contributed by atoms with Gasteiger partial charge < -0.3 is 19.1 Å². The van der Waals surface area contributed by atoms with Gasteiger partial charge in [0.25, 0.3) is 11.8 Å². The van der Waals surface area contributed by atoms with Crippen LogP contribution >= 0.6 is 0 Å². The number of aryl methyl sites for hydroxylation is 1. The molecule has 0 unspecified atom stereocenters. The number of carbonyl (C=O) groups excluding carboxylic acids is 2. The summed E-state index contributed by atoms with van der Waals surface area (Å²) in [5.74, 6) is 0.549. The maximum Gasteiger partial charge on any atom is 0.260 e. The lowest BCUT2D eigenvalue weighted by Crippen LogP contribution is -2.51. The van der Waals surface area contributed by atoms with E-state index in [1.54, 1.807) is 20.5 Å². The number of imidazole rings is 1. The van der Waals surface area contributed by atoms with Gasteiger partial charge in [-0.2, -0.15) is 5.10 Å². The highest BCUT2D eigenvalue weighted by atomic mass is 16.5. The van der Waals surface area contributed by atoms with E-state index in [0.717, 1.165) is 5.65 Å². The normalized spacial score (nSPS) is 14.6. The van der Waals surface area contributed by atoms with Crippen molar-refractivity contribution in [1.82, 2.24) is 24.0 Å². The van der Waals surface area contributed by atoms with Crippen LogP contribution in [0.5, 0.6) is 5.75 Å². The quantitative estimate of drug-likeness (QED) is 0.691. The van der Waals surface area contributed by atoms with Gasteiger partial charge in [-0.25, -0.2) is 4.52 Å². The third kappa shape index (κ3) is 3.38. The van der Waals surface area contributed by atoms with E-state index in [2.05, 4.69) is 5.10 Å². The Morgan fingerprint density at radius 1 is 1.04 bits per heavy atom. The summed E-state index contributed by atoms with van der Waals surface area (Å²) < 4.78 is 9.09. The summed E-state index contributed by atoms with van der Waals surface area (Å²) in [6.07, 6.45) is 5.28. The first-order valence-electron chi connectivity index (χ1n) is 8.87. The predicted molar refractivity (Wildman–Crippen MR) is 98.6 cm³/mol. The molecule has 3 aromatic rings. The van der Waals surface area contributed by atoms with Crippen LogP contribution < -0.4 is 4.74 Å². The Morgan fingerprint density at radius 3 is 2.48 bits per heavy atom. The fourth-order valence-electron chi connectivity index (χ4n) is 3.28. The van der Waals surface area contributed by atoms with E-state index in [9.17, 15) is 9.59 Å². The van der Waals surface area contributed by atoms with Gasteiger partial charge in [0.15, 0.2) is 6.61 Å². The minimum absolute atomic E-state index is 0.00530. The number of benzene rings is 1. The Balaban J connectivity index is 1.34. The lowest BCUT2D eigenvalue weighted by molar-refractivity contribution is -0.134. The summed E-state index contributed by atoms with van der Waals surface area (Å²) in [5, 5.41) is 4.22. The molecule has 0 aliphatic carbocycles. The number of rotatable bonds is 4. The molecule has 0 atom stereocenters. The second-order valence-electron chi connectivity index (χ2n) is 6.51. The number of amides is 2. The highest BCUT2D eigenvalue weighted by molar-refractivity contribution is 6.00. The molecule has 0 radical (unpaired) electrons. The molecule has 140 valence electrons. The van der Waals surface area contributed by atoms with Crippen molar-refractivity contribution in [2.24, 2.45) is 7.05 Å². The summed E-state index contributed by atoms with van der Waals surface area (Å²) in [5.41, 5.74) is 1.35. The second kappa shape index (κ2) is 7.14. The van der Waals surface area contributed by atoms with E-state index in [1.165, 1.54) is 0 Å². The van der Waals surface area contributed by atoms with Gasteiger partial charge >= 0.3 is 0 Å². The molecule has 1 fully saturated rings. The Labute approximate surface area is 156 Å². The van der Waals surface area contributed by atoms with Gasteiger partial charge in [0.05, 0.1) is 6.20 Å². The van der Waals surface area contributed by atoms with E-state index in [1.807, 2.05) is 54.3 Å². The van der Waals surface area contributed by atoms with Crippen LogP contribution in [0.4, 0.5) is 0 Å². The molecule has 1 aliphatic rings. The summed E-state index contributed by atoms with van der Waals surface area (Å²) in [6, 6.07) is 9.27. The number of nitrogens with zero attached hydrogens (tertiary/aromatic N) is 5. The smallest absolute Gasteiger partial charge is 0.260 e. The maximum absolute atomic E-state index is 12.8. The first-order chi connectivity index (χ1) is 13.1. The van der Waals surface area contributed by atoms with Crippen molar-refractivity contribution < 1.29 is 14.3 Å². The number of para-hydroxylation sites is 1. The number of hydrogen-bond donors (Lipinski definition) is 0. The first kappa shape index (κ1) is 17.1. The zero-order valence-electron chi connectivity index (χ0n) is 15.1. The van der Waals surface area contributed by atoms with E-state index < -0.39 is 0 Å². The molecule has 2 aromatic heterocycles. The van der Waals surface area contributed by atoms with Crippen LogP contribution in [0.15, 0.2) is 48.9 Å². The van der Waals surface area contributed by atoms with Crippen molar-refractivity contribution in [3.05, 3.63) is 54.5 Å². The van der Waals surface area contributed by atoms with Crippen LogP contribution in [-0.4, -0.2) is 68.6 Å². The van der Waals surface area contributed by atoms with Crippen molar-refractivity contribution in [1.29, 1.82) is 0 Å². The molecule has 2 amide bonds. The summed E-state index contributed by atoms with van der Waals surface area (Å²) >= 11 is 0. The largest absolute Gasteiger partial charge is 0.484 e. The third-order valence-corrected chi connectivity index (χ3v) is 4.79. The van der Waals surface area contributed by atoms with Crippen LogP contribution in [0.3, 0.4) is 0 Å². The maximum atomic E-state index is 12.8. The molecule has 4 rings (SSSR count). The van der Waals surface area contributed by atoms with Crippen LogP contribution in [0.2, 0.25) is 0 Å². The monoisotopic (exact) mass is 367 g/mol. The number of carbonyl (C=O) groups is 2. The average Bonchev–Trinajstić information content (AvgIpc) is 3.30. The highest BCUT2D eigenvalue weighted by Crippen LogP contribution is 2.15. The summed E-state index contributed by atoms with van der Waals surface area (Å²) in [7, 11) is 1.89. The molecule has 0 saturated carbocycles. The van der Waals surface area contributed by atoms with Crippen LogP contribution in [-0.2, 0) is 11.8 Å². The van der Waals surface area contributed by atoms with E-state index >= 15 is 0 Å². The van der Waals surface area contributed by atoms with Crippen molar-refractivity contribution in [3.8, 4) is 5.75 Å². The van der Waals surface area contributed by atoms with Crippen molar-refractivity contribution in [2.45, 2.75) is 0 Å².